The van der Waals surface area contributed by atoms with Crippen LogP contribution in [0, 0.1) is 0 Å². The minimum atomic E-state index is -0.455. The van der Waals surface area contributed by atoms with E-state index in [4.69, 9.17) is 10.5 Å². The summed E-state index contributed by atoms with van der Waals surface area (Å²) in [6, 6.07) is 0. The molecule has 2 N–H and O–H groups in total. The smallest absolute Gasteiger partial charge is 0.307 e. The van der Waals surface area contributed by atoms with Gasteiger partial charge < -0.3 is 10.5 Å². The monoisotopic (exact) mass is 173 g/mol. The Balaban J connectivity index is 3.47. The van der Waals surface area contributed by atoms with Crippen LogP contribution in [-0.4, -0.2) is 18.1 Å². The molecule has 0 bridgehead atoms. The molecular weight excluding hydrogens is 154 g/mol. The Morgan fingerprint density at radius 1 is 1.50 bits per heavy atom. The van der Waals surface area contributed by atoms with Crippen molar-refractivity contribution in [1.29, 1.82) is 0 Å². The Morgan fingerprint density at radius 3 is 2.50 bits per heavy atom. The minimum absolute atomic E-state index is 0.198. The molecule has 0 radical (unpaired) electrons. The van der Waals surface area contributed by atoms with Crippen LogP contribution in [0.1, 0.15) is 40.0 Å². The molecular formula is C9H19NO2. The Kier molecular flexibility index (Phi) is 4.90. The normalized spacial score (nSPS) is 11.3. The van der Waals surface area contributed by atoms with E-state index in [9.17, 15) is 4.79 Å². The number of rotatable bonds is 5. The third-order valence-electron chi connectivity index (χ3n) is 1.36. The van der Waals surface area contributed by atoms with Gasteiger partial charge in [-0.15, -0.1) is 0 Å². The first kappa shape index (κ1) is 11.4. The fraction of sp³-hybridized carbons (Fsp3) is 0.889. The van der Waals surface area contributed by atoms with Crippen LogP contribution in [0.15, 0.2) is 0 Å². The highest BCUT2D eigenvalue weighted by atomic mass is 16.5. The zero-order valence-corrected chi connectivity index (χ0v) is 8.22. The van der Waals surface area contributed by atoms with Gasteiger partial charge in [0.1, 0.15) is 0 Å². The molecule has 0 saturated heterocycles. The van der Waals surface area contributed by atoms with E-state index in [0.717, 1.165) is 12.8 Å². The molecule has 72 valence electrons. The van der Waals surface area contributed by atoms with E-state index in [1.165, 1.54) is 0 Å². The van der Waals surface area contributed by atoms with Crippen molar-refractivity contribution in [2.45, 2.75) is 45.6 Å². The number of carbonyl (C=O) groups is 1. The Hall–Kier alpha value is -0.570. The van der Waals surface area contributed by atoms with Crippen LogP contribution >= 0.6 is 0 Å². The Labute approximate surface area is 74.3 Å². The van der Waals surface area contributed by atoms with Crippen LogP contribution in [0.5, 0.6) is 0 Å². The second-order valence-corrected chi connectivity index (χ2v) is 3.74. The fourth-order valence-electron chi connectivity index (χ4n) is 0.753. The van der Waals surface area contributed by atoms with E-state index in [-0.39, 0.29) is 12.4 Å². The molecule has 0 aliphatic carbocycles. The Morgan fingerprint density at radius 2 is 2.08 bits per heavy atom. The van der Waals surface area contributed by atoms with Crippen LogP contribution in [0.3, 0.4) is 0 Å². The number of carbonyl (C=O) groups excluding carboxylic acids is 1. The number of hydrogen-bond donors (Lipinski definition) is 1. The first-order valence-electron chi connectivity index (χ1n) is 4.40. The summed E-state index contributed by atoms with van der Waals surface area (Å²) in [4.78, 5) is 11.0. The van der Waals surface area contributed by atoms with Gasteiger partial charge in [-0.2, -0.15) is 0 Å². The molecule has 3 heteroatoms. The van der Waals surface area contributed by atoms with Gasteiger partial charge in [-0.25, -0.2) is 0 Å². The molecule has 0 spiro atoms. The third-order valence-corrected chi connectivity index (χ3v) is 1.36. The van der Waals surface area contributed by atoms with Gasteiger partial charge in [-0.05, 0) is 20.3 Å². The molecule has 0 rings (SSSR count). The molecule has 0 aromatic rings. The summed E-state index contributed by atoms with van der Waals surface area (Å²) >= 11 is 0. The van der Waals surface area contributed by atoms with Crippen molar-refractivity contribution in [3.63, 3.8) is 0 Å². The molecule has 0 atom stereocenters. The van der Waals surface area contributed by atoms with Crippen molar-refractivity contribution in [1.82, 2.24) is 0 Å². The number of nitrogens with two attached hydrogens (primary N) is 1. The minimum Gasteiger partial charge on any atom is -0.466 e. The topological polar surface area (TPSA) is 52.3 Å². The fourth-order valence-corrected chi connectivity index (χ4v) is 0.753. The van der Waals surface area contributed by atoms with Gasteiger partial charge in [0.2, 0.25) is 0 Å². The quantitative estimate of drug-likeness (QED) is 0.506. The van der Waals surface area contributed by atoms with E-state index >= 15 is 0 Å². The molecule has 0 heterocycles. The summed E-state index contributed by atoms with van der Waals surface area (Å²) < 4.78 is 4.94. The lowest BCUT2D eigenvalue weighted by atomic mass is 10.0. The highest BCUT2D eigenvalue weighted by molar-refractivity contribution is 5.70. The molecule has 3 nitrogen and oxygen atoms in total. The SMILES string of the molecule is CCCCOC(=O)CC(C)(C)N. The van der Waals surface area contributed by atoms with Crippen molar-refractivity contribution >= 4 is 5.97 Å². The maximum atomic E-state index is 11.0. The second-order valence-electron chi connectivity index (χ2n) is 3.74. The molecule has 0 aromatic carbocycles. The molecule has 0 amide bonds. The van der Waals surface area contributed by atoms with Crippen molar-refractivity contribution in [2.75, 3.05) is 6.61 Å². The molecule has 0 fully saturated rings. The third kappa shape index (κ3) is 7.54. The molecule has 0 unspecified atom stereocenters. The van der Waals surface area contributed by atoms with Crippen LogP contribution in [0.4, 0.5) is 0 Å². The van der Waals surface area contributed by atoms with Gasteiger partial charge in [0, 0.05) is 5.54 Å². The molecule has 0 aliphatic heterocycles. The maximum absolute atomic E-state index is 11.0. The van der Waals surface area contributed by atoms with Gasteiger partial charge in [0.05, 0.1) is 13.0 Å². The second kappa shape index (κ2) is 5.14. The van der Waals surface area contributed by atoms with E-state index in [1.807, 2.05) is 13.8 Å². The number of unbranched alkanes of at least 4 members (excludes halogenated alkanes) is 1. The van der Waals surface area contributed by atoms with E-state index in [2.05, 4.69) is 6.92 Å². The lowest BCUT2D eigenvalue weighted by Gasteiger charge is -2.16. The largest absolute Gasteiger partial charge is 0.466 e. The zero-order valence-electron chi connectivity index (χ0n) is 8.22. The summed E-state index contributed by atoms with van der Waals surface area (Å²) in [5, 5.41) is 0. The molecule has 0 aliphatic rings. The number of ether oxygens (including phenoxy) is 1. The summed E-state index contributed by atoms with van der Waals surface area (Å²) in [5.41, 5.74) is 5.18. The predicted octanol–water partition coefficient (Wildman–Crippen LogP) is 1.46. The van der Waals surface area contributed by atoms with Crippen LogP contribution in [0.25, 0.3) is 0 Å². The van der Waals surface area contributed by atoms with Gasteiger partial charge in [-0.1, -0.05) is 13.3 Å². The first-order chi connectivity index (χ1) is 5.45. The molecule has 0 aromatic heterocycles. The van der Waals surface area contributed by atoms with Crippen LogP contribution in [-0.2, 0) is 9.53 Å². The first-order valence-corrected chi connectivity index (χ1v) is 4.40. The van der Waals surface area contributed by atoms with Crippen molar-refractivity contribution in [3.8, 4) is 0 Å². The van der Waals surface area contributed by atoms with Crippen LogP contribution in [0.2, 0.25) is 0 Å². The number of hydrogen-bond acceptors (Lipinski definition) is 3. The average Bonchev–Trinajstić information content (AvgIpc) is 1.84. The zero-order chi connectivity index (χ0) is 9.61. The van der Waals surface area contributed by atoms with Crippen LogP contribution < -0.4 is 5.73 Å². The summed E-state index contributed by atoms with van der Waals surface area (Å²) in [5.74, 6) is -0.198. The summed E-state index contributed by atoms with van der Waals surface area (Å²) in [6.07, 6.45) is 2.26. The summed E-state index contributed by atoms with van der Waals surface area (Å²) in [7, 11) is 0. The standard InChI is InChI=1S/C9H19NO2/c1-4-5-6-12-8(11)7-9(2,3)10/h4-7,10H2,1-3H3. The Bertz CT molecular complexity index is 138. The van der Waals surface area contributed by atoms with Gasteiger partial charge in [0.15, 0.2) is 0 Å². The average molecular weight is 173 g/mol. The highest BCUT2D eigenvalue weighted by Gasteiger charge is 2.16. The van der Waals surface area contributed by atoms with Crippen molar-refractivity contribution in [3.05, 3.63) is 0 Å². The van der Waals surface area contributed by atoms with Crippen molar-refractivity contribution < 1.29 is 9.53 Å². The lowest BCUT2D eigenvalue weighted by Crippen LogP contribution is -2.35. The van der Waals surface area contributed by atoms with E-state index in [1.54, 1.807) is 0 Å². The number of esters is 1. The maximum Gasteiger partial charge on any atom is 0.307 e. The predicted molar refractivity (Wildman–Crippen MR) is 48.8 cm³/mol. The molecule has 0 saturated carbocycles. The lowest BCUT2D eigenvalue weighted by molar-refractivity contribution is -0.144. The summed E-state index contributed by atoms with van der Waals surface area (Å²) in [6.45, 7) is 6.20. The van der Waals surface area contributed by atoms with E-state index < -0.39 is 5.54 Å². The van der Waals surface area contributed by atoms with Gasteiger partial charge >= 0.3 is 5.97 Å². The van der Waals surface area contributed by atoms with Crippen molar-refractivity contribution in [2.24, 2.45) is 5.73 Å². The highest BCUT2D eigenvalue weighted by Crippen LogP contribution is 2.04. The molecule has 12 heavy (non-hydrogen) atoms. The van der Waals surface area contributed by atoms with E-state index in [0.29, 0.717) is 6.61 Å². The van der Waals surface area contributed by atoms with Gasteiger partial charge in [0.25, 0.3) is 0 Å². The van der Waals surface area contributed by atoms with Gasteiger partial charge in [-0.3, -0.25) is 4.79 Å².